The summed E-state index contributed by atoms with van der Waals surface area (Å²) >= 11 is 1.32. The van der Waals surface area contributed by atoms with Crippen LogP contribution in [0, 0.1) is 5.82 Å². The molecule has 1 unspecified atom stereocenters. The number of halogens is 4. The Labute approximate surface area is 144 Å². The Kier molecular flexibility index (Phi) is 4.73. The predicted molar refractivity (Wildman–Crippen MR) is 82.7 cm³/mol. The molecule has 0 bridgehead atoms. The van der Waals surface area contributed by atoms with Crippen LogP contribution in [0.5, 0.6) is 0 Å². The summed E-state index contributed by atoms with van der Waals surface area (Å²) < 4.78 is 81.4. The SMILES string of the molecule is O=S(=O)(c1cc(F)ccc1N1CCOC(c2nccs2)C1)C(F)(F)F. The number of thiazole rings is 1. The number of anilines is 1. The molecule has 2 heterocycles. The lowest BCUT2D eigenvalue weighted by Crippen LogP contribution is -2.39. The number of sulfone groups is 1. The van der Waals surface area contributed by atoms with E-state index >= 15 is 0 Å². The summed E-state index contributed by atoms with van der Waals surface area (Å²) in [6, 6.07) is 2.36. The average Bonchev–Trinajstić information content (AvgIpc) is 3.08. The van der Waals surface area contributed by atoms with Gasteiger partial charge in [0.2, 0.25) is 0 Å². The highest BCUT2D eigenvalue weighted by Crippen LogP contribution is 2.38. The number of aromatic nitrogens is 1. The van der Waals surface area contributed by atoms with Crippen LogP contribution in [0.3, 0.4) is 0 Å². The van der Waals surface area contributed by atoms with Crippen molar-refractivity contribution in [2.45, 2.75) is 16.5 Å². The Balaban J connectivity index is 2.00. The fraction of sp³-hybridized carbons (Fsp3) is 0.357. The molecule has 1 aromatic carbocycles. The molecule has 136 valence electrons. The van der Waals surface area contributed by atoms with Gasteiger partial charge in [0, 0.05) is 18.1 Å². The smallest absolute Gasteiger partial charge is 0.367 e. The van der Waals surface area contributed by atoms with Gasteiger partial charge in [-0.25, -0.2) is 17.8 Å². The van der Waals surface area contributed by atoms with Gasteiger partial charge in [0.05, 0.1) is 18.8 Å². The van der Waals surface area contributed by atoms with Crippen LogP contribution >= 0.6 is 11.3 Å². The van der Waals surface area contributed by atoms with Gasteiger partial charge in [0.1, 0.15) is 21.8 Å². The third kappa shape index (κ3) is 3.48. The summed E-state index contributed by atoms with van der Waals surface area (Å²) in [6.07, 6.45) is 1.07. The second-order valence-electron chi connectivity index (χ2n) is 5.24. The number of benzene rings is 1. The molecule has 1 aliphatic heterocycles. The summed E-state index contributed by atoms with van der Waals surface area (Å²) in [7, 11) is -5.69. The molecule has 2 aromatic rings. The maximum atomic E-state index is 13.4. The largest absolute Gasteiger partial charge is 0.501 e. The standard InChI is InChI=1S/C14H12F4N2O3S2/c15-9-1-2-10(12(7-9)25(21,22)14(16,17)18)20-4-5-23-11(8-20)13-19-3-6-24-13/h1-3,6-7,11H,4-5,8H2. The molecule has 0 N–H and O–H groups in total. The molecular weight excluding hydrogens is 384 g/mol. The van der Waals surface area contributed by atoms with Crippen LogP contribution in [0.15, 0.2) is 34.7 Å². The molecule has 0 aliphatic carbocycles. The van der Waals surface area contributed by atoms with E-state index in [2.05, 4.69) is 4.98 Å². The molecule has 1 aromatic heterocycles. The van der Waals surface area contributed by atoms with E-state index in [1.807, 2.05) is 0 Å². The van der Waals surface area contributed by atoms with Crippen LogP contribution in [0.1, 0.15) is 11.1 Å². The van der Waals surface area contributed by atoms with Crippen LogP contribution in [0.4, 0.5) is 23.2 Å². The Hall–Kier alpha value is -1.72. The first kappa shape index (κ1) is 18.1. The van der Waals surface area contributed by atoms with Crippen LogP contribution in [-0.2, 0) is 14.6 Å². The van der Waals surface area contributed by atoms with Crippen molar-refractivity contribution in [2.75, 3.05) is 24.6 Å². The maximum Gasteiger partial charge on any atom is 0.501 e. The molecular formula is C14H12F4N2O3S2. The van der Waals surface area contributed by atoms with E-state index in [0.29, 0.717) is 11.1 Å². The highest BCUT2D eigenvalue weighted by Gasteiger charge is 2.48. The van der Waals surface area contributed by atoms with Crippen LogP contribution in [0.2, 0.25) is 0 Å². The molecule has 3 rings (SSSR count). The molecule has 0 radical (unpaired) electrons. The Morgan fingerprint density at radius 3 is 2.72 bits per heavy atom. The lowest BCUT2D eigenvalue weighted by molar-refractivity contribution is -0.0436. The number of hydrogen-bond acceptors (Lipinski definition) is 6. The normalized spacial score (nSPS) is 19.2. The molecule has 0 saturated carbocycles. The van der Waals surface area contributed by atoms with Crippen LogP contribution in [0.25, 0.3) is 0 Å². The Morgan fingerprint density at radius 2 is 2.08 bits per heavy atom. The van der Waals surface area contributed by atoms with Crippen molar-refractivity contribution in [2.24, 2.45) is 0 Å². The minimum Gasteiger partial charge on any atom is -0.367 e. The second-order valence-corrected chi connectivity index (χ2v) is 8.07. The average molecular weight is 396 g/mol. The van der Waals surface area contributed by atoms with E-state index in [1.54, 1.807) is 11.6 Å². The fourth-order valence-corrected chi connectivity index (χ4v) is 4.17. The lowest BCUT2D eigenvalue weighted by atomic mass is 10.2. The van der Waals surface area contributed by atoms with Gasteiger partial charge in [0.15, 0.2) is 0 Å². The third-order valence-corrected chi connectivity index (χ3v) is 6.03. The molecule has 5 nitrogen and oxygen atoms in total. The van der Waals surface area contributed by atoms with Crippen LogP contribution < -0.4 is 4.90 Å². The van der Waals surface area contributed by atoms with Crippen molar-refractivity contribution >= 4 is 26.9 Å². The maximum absolute atomic E-state index is 13.4. The molecule has 1 aliphatic rings. The zero-order chi connectivity index (χ0) is 18.2. The number of ether oxygens (including phenoxy) is 1. The van der Waals surface area contributed by atoms with Gasteiger partial charge in [-0.15, -0.1) is 11.3 Å². The number of hydrogen-bond donors (Lipinski definition) is 0. The van der Waals surface area contributed by atoms with E-state index in [4.69, 9.17) is 4.74 Å². The molecule has 25 heavy (non-hydrogen) atoms. The minimum absolute atomic E-state index is 0.111. The van der Waals surface area contributed by atoms with E-state index in [1.165, 1.54) is 16.2 Å². The molecule has 0 spiro atoms. The zero-order valence-electron chi connectivity index (χ0n) is 12.5. The number of morpholine rings is 1. The summed E-state index contributed by atoms with van der Waals surface area (Å²) in [4.78, 5) is 4.44. The fourth-order valence-electron chi connectivity index (χ4n) is 2.50. The number of alkyl halides is 3. The van der Waals surface area contributed by atoms with Gasteiger partial charge >= 0.3 is 5.51 Å². The summed E-state index contributed by atoms with van der Waals surface area (Å²) in [5.74, 6) is -1.06. The Morgan fingerprint density at radius 1 is 1.32 bits per heavy atom. The molecule has 1 saturated heterocycles. The van der Waals surface area contributed by atoms with Gasteiger partial charge in [0.25, 0.3) is 9.84 Å². The summed E-state index contributed by atoms with van der Waals surface area (Å²) in [5.41, 5.74) is -5.72. The molecule has 1 atom stereocenters. The first-order valence-corrected chi connectivity index (χ1v) is 9.43. The number of nitrogens with zero attached hydrogens (tertiary/aromatic N) is 2. The Bertz CT molecular complexity index is 853. The first-order valence-electron chi connectivity index (χ1n) is 7.07. The van der Waals surface area contributed by atoms with Crippen molar-refractivity contribution in [3.63, 3.8) is 0 Å². The van der Waals surface area contributed by atoms with Gasteiger partial charge < -0.3 is 9.64 Å². The highest BCUT2D eigenvalue weighted by molar-refractivity contribution is 7.92. The minimum atomic E-state index is -5.69. The second kappa shape index (κ2) is 6.54. The number of rotatable bonds is 3. The molecule has 11 heteroatoms. The zero-order valence-corrected chi connectivity index (χ0v) is 14.2. The quantitative estimate of drug-likeness (QED) is 0.746. The predicted octanol–water partition coefficient (Wildman–Crippen LogP) is 3.15. The van der Waals surface area contributed by atoms with Crippen molar-refractivity contribution in [1.29, 1.82) is 0 Å². The summed E-state index contributed by atoms with van der Waals surface area (Å²) in [5, 5.41) is 2.36. The van der Waals surface area contributed by atoms with Crippen molar-refractivity contribution < 1.29 is 30.7 Å². The first-order chi connectivity index (χ1) is 11.7. The van der Waals surface area contributed by atoms with E-state index in [9.17, 15) is 26.0 Å². The van der Waals surface area contributed by atoms with E-state index in [0.717, 1.165) is 12.1 Å². The topological polar surface area (TPSA) is 59.5 Å². The van der Waals surface area contributed by atoms with Gasteiger partial charge in [-0.05, 0) is 18.2 Å². The van der Waals surface area contributed by atoms with Gasteiger partial charge in [-0.2, -0.15) is 13.2 Å². The third-order valence-electron chi connectivity index (χ3n) is 3.65. The van der Waals surface area contributed by atoms with Gasteiger partial charge in [-0.3, -0.25) is 0 Å². The van der Waals surface area contributed by atoms with Crippen molar-refractivity contribution in [3.05, 3.63) is 40.6 Å². The van der Waals surface area contributed by atoms with Gasteiger partial charge in [-0.1, -0.05) is 0 Å². The van der Waals surface area contributed by atoms with Crippen molar-refractivity contribution in [1.82, 2.24) is 4.98 Å². The molecule has 1 fully saturated rings. The highest BCUT2D eigenvalue weighted by atomic mass is 32.2. The summed E-state index contributed by atoms with van der Waals surface area (Å²) in [6.45, 7) is 0.459. The monoisotopic (exact) mass is 396 g/mol. The lowest BCUT2D eigenvalue weighted by Gasteiger charge is -2.34. The van der Waals surface area contributed by atoms with Crippen LogP contribution in [-0.4, -0.2) is 38.6 Å². The van der Waals surface area contributed by atoms with E-state index in [-0.39, 0.29) is 25.4 Å². The molecule has 0 amide bonds. The van der Waals surface area contributed by atoms with E-state index < -0.39 is 32.2 Å². The van der Waals surface area contributed by atoms with Crippen molar-refractivity contribution in [3.8, 4) is 0 Å².